The van der Waals surface area contributed by atoms with Crippen LogP contribution in [0.4, 0.5) is 10.5 Å². The topological polar surface area (TPSA) is 105 Å². The first-order chi connectivity index (χ1) is 16.2. The normalized spacial score (nSPS) is 17.9. The van der Waals surface area contributed by atoms with Gasteiger partial charge in [-0.15, -0.1) is 11.3 Å². The number of thiazole rings is 1. The Morgan fingerprint density at radius 1 is 1.12 bits per heavy atom. The number of benzene rings is 2. The maximum absolute atomic E-state index is 12.9. The van der Waals surface area contributed by atoms with Crippen LogP contribution < -0.4 is 10.6 Å². The fraction of sp³-hybridized carbons (Fsp3) is 0.200. The molecular weight excluding hydrogens is 452 g/mol. The molecule has 34 heavy (non-hydrogen) atoms. The van der Waals surface area contributed by atoms with Crippen molar-refractivity contribution in [1.82, 2.24) is 15.2 Å². The van der Waals surface area contributed by atoms with Gasteiger partial charge >= 0.3 is 6.03 Å². The first-order valence-electron chi connectivity index (χ1n) is 10.7. The van der Waals surface area contributed by atoms with Crippen LogP contribution >= 0.6 is 11.3 Å². The number of furan rings is 1. The van der Waals surface area contributed by atoms with Crippen molar-refractivity contribution in [2.24, 2.45) is 0 Å². The van der Waals surface area contributed by atoms with Gasteiger partial charge in [0.2, 0.25) is 5.91 Å². The molecule has 4 aromatic rings. The van der Waals surface area contributed by atoms with Gasteiger partial charge in [0.15, 0.2) is 5.54 Å². The Morgan fingerprint density at radius 3 is 2.59 bits per heavy atom. The number of carbonyl (C=O) groups is 3. The summed E-state index contributed by atoms with van der Waals surface area (Å²) in [4.78, 5) is 43.5. The Morgan fingerprint density at radius 2 is 1.88 bits per heavy atom. The number of hydrogen-bond donors (Lipinski definition) is 2. The summed E-state index contributed by atoms with van der Waals surface area (Å²) in [6.45, 7) is 4.96. The van der Waals surface area contributed by atoms with E-state index in [0.29, 0.717) is 17.2 Å². The molecule has 0 spiro atoms. The molecule has 3 heterocycles. The molecule has 1 saturated heterocycles. The number of nitrogens with one attached hydrogen (secondary N) is 2. The van der Waals surface area contributed by atoms with Crippen LogP contribution in [-0.2, 0) is 15.1 Å². The van der Waals surface area contributed by atoms with Crippen molar-refractivity contribution >= 4 is 45.1 Å². The minimum atomic E-state index is -1.34. The number of rotatable bonds is 5. The van der Waals surface area contributed by atoms with Gasteiger partial charge < -0.3 is 15.1 Å². The third-order valence-electron chi connectivity index (χ3n) is 5.77. The zero-order chi connectivity index (χ0) is 24.0. The minimum absolute atomic E-state index is 0.326. The highest BCUT2D eigenvalue weighted by Gasteiger charge is 2.51. The van der Waals surface area contributed by atoms with Crippen molar-refractivity contribution in [1.29, 1.82) is 0 Å². The number of aromatic nitrogens is 1. The number of aryl methyl sites for hydroxylation is 2. The van der Waals surface area contributed by atoms with E-state index in [1.165, 1.54) is 5.56 Å². The molecule has 8 nitrogen and oxygen atoms in total. The predicted octanol–water partition coefficient (Wildman–Crippen LogP) is 4.58. The van der Waals surface area contributed by atoms with E-state index in [-0.39, 0.29) is 0 Å². The van der Waals surface area contributed by atoms with E-state index in [4.69, 9.17) is 4.42 Å². The minimum Gasteiger partial charge on any atom is -0.463 e. The van der Waals surface area contributed by atoms with Crippen LogP contribution in [0.5, 0.6) is 0 Å². The van der Waals surface area contributed by atoms with Gasteiger partial charge in [-0.25, -0.2) is 9.78 Å². The van der Waals surface area contributed by atoms with Gasteiger partial charge in [0.25, 0.3) is 5.91 Å². The van der Waals surface area contributed by atoms with Crippen LogP contribution in [0.1, 0.15) is 24.0 Å². The first kappa shape index (κ1) is 21.8. The SMILES string of the molecule is Cc1ccc2nc(-c3ccc(NC(=O)CN4C(=O)N[C@@](C)(c5ccc(C)o5)C4=O)cc3)sc2c1. The average molecular weight is 475 g/mol. The second kappa shape index (κ2) is 8.11. The van der Waals surface area contributed by atoms with Crippen LogP contribution in [0.25, 0.3) is 20.8 Å². The molecule has 5 rings (SSSR count). The Bertz CT molecular complexity index is 1440. The second-order valence-corrected chi connectivity index (χ2v) is 9.50. The van der Waals surface area contributed by atoms with E-state index < -0.39 is 29.9 Å². The summed E-state index contributed by atoms with van der Waals surface area (Å²) < 4.78 is 6.67. The number of hydrogen-bond acceptors (Lipinski definition) is 6. The fourth-order valence-corrected chi connectivity index (χ4v) is 4.98. The van der Waals surface area contributed by atoms with Crippen LogP contribution in [0.15, 0.2) is 59.0 Å². The number of anilines is 1. The highest BCUT2D eigenvalue weighted by molar-refractivity contribution is 7.21. The van der Waals surface area contributed by atoms with E-state index in [9.17, 15) is 14.4 Å². The Balaban J connectivity index is 1.26. The van der Waals surface area contributed by atoms with Gasteiger partial charge in [-0.3, -0.25) is 14.5 Å². The summed E-state index contributed by atoms with van der Waals surface area (Å²) in [5, 5.41) is 6.26. The molecule has 0 radical (unpaired) electrons. The molecule has 0 unspecified atom stereocenters. The van der Waals surface area contributed by atoms with Crippen molar-refractivity contribution < 1.29 is 18.8 Å². The summed E-state index contributed by atoms with van der Waals surface area (Å²) >= 11 is 1.61. The van der Waals surface area contributed by atoms with E-state index >= 15 is 0 Å². The summed E-state index contributed by atoms with van der Waals surface area (Å²) in [6.07, 6.45) is 0. The van der Waals surface area contributed by atoms with Crippen LogP contribution in [0.2, 0.25) is 0 Å². The number of fused-ring (bicyclic) bond motifs is 1. The second-order valence-electron chi connectivity index (χ2n) is 8.47. The molecule has 4 amide bonds. The van der Waals surface area contributed by atoms with Gasteiger partial charge in [-0.1, -0.05) is 6.07 Å². The Labute approximate surface area is 199 Å². The molecule has 1 atom stereocenters. The van der Waals surface area contributed by atoms with Gasteiger partial charge in [-0.05, 0) is 74.9 Å². The van der Waals surface area contributed by atoms with E-state index in [1.54, 1.807) is 49.4 Å². The van der Waals surface area contributed by atoms with Gasteiger partial charge in [-0.2, -0.15) is 0 Å². The lowest BCUT2D eigenvalue weighted by molar-refractivity contribution is -0.134. The molecule has 0 aliphatic carbocycles. The van der Waals surface area contributed by atoms with Crippen LogP contribution in [0, 0.1) is 13.8 Å². The molecular formula is C25H22N4O4S. The zero-order valence-corrected chi connectivity index (χ0v) is 19.7. The van der Waals surface area contributed by atoms with Gasteiger partial charge in [0, 0.05) is 11.3 Å². The molecule has 2 N–H and O–H groups in total. The molecule has 1 fully saturated rings. The third kappa shape index (κ3) is 3.84. The number of amides is 4. The van der Waals surface area contributed by atoms with Crippen molar-refractivity contribution in [2.45, 2.75) is 26.3 Å². The van der Waals surface area contributed by atoms with Crippen molar-refractivity contribution in [3.05, 3.63) is 71.7 Å². The lowest BCUT2D eigenvalue weighted by Gasteiger charge is -2.19. The smallest absolute Gasteiger partial charge is 0.325 e. The molecule has 2 aromatic heterocycles. The summed E-state index contributed by atoms with van der Waals surface area (Å²) in [5.41, 5.74) is 2.29. The molecule has 2 aromatic carbocycles. The summed E-state index contributed by atoms with van der Waals surface area (Å²) in [6, 6.07) is 16.2. The number of imide groups is 1. The monoisotopic (exact) mass is 474 g/mol. The zero-order valence-electron chi connectivity index (χ0n) is 18.8. The highest BCUT2D eigenvalue weighted by Crippen LogP contribution is 2.32. The van der Waals surface area contributed by atoms with Crippen molar-refractivity contribution in [3.8, 4) is 10.6 Å². The van der Waals surface area contributed by atoms with Gasteiger partial charge in [0.05, 0.1) is 10.2 Å². The molecule has 172 valence electrons. The van der Waals surface area contributed by atoms with Gasteiger partial charge in [0.1, 0.15) is 23.1 Å². The van der Waals surface area contributed by atoms with Crippen molar-refractivity contribution in [3.63, 3.8) is 0 Å². The largest absolute Gasteiger partial charge is 0.463 e. The standard InChI is InChI=1S/C25H22N4O4S/c1-14-4-10-18-19(12-14)34-22(27-18)16-6-8-17(9-7-16)26-21(30)13-29-23(31)25(3,28-24(29)32)20-11-5-15(2)33-20/h4-12H,13H2,1-3H3,(H,26,30)(H,28,32)/t25-/m0/s1. The maximum atomic E-state index is 12.9. The molecule has 0 saturated carbocycles. The average Bonchev–Trinajstić information content (AvgIpc) is 3.48. The molecule has 9 heteroatoms. The summed E-state index contributed by atoms with van der Waals surface area (Å²) in [5.74, 6) is -0.0688. The van der Waals surface area contributed by atoms with Crippen LogP contribution in [0.3, 0.4) is 0 Å². The fourth-order valence-electron chi connectivity index (χ4n) is 3.91. The number of carbonyl (C=O) groups excluding carboxylic acids is 3. The highest BCUT2D eigenvalue weighted by atomic mass is 32.1. The van der Waals surface area contributed by atoms with Crippen LogP contribution in [-0.4, -0.2) is 34.3 Å². The molecule has 1 aliphatic rings. The number of nitrogens with zero attached hydrogens (tertiary/aromatic N) is 2. The third-order valence-corrected chi connectivity index (χ3v) is 6.84. The Hall–Kier alpha value is -3.98. The van der Waals surface area contributed by atoms with E-state index in [2.05, 4.69) is 21.7 Å². The first-order valence-corrected chi connectivity index (χ1v) is 11.5. The van der Waals surface area contributed by atoms with E-state index in [0.717, 1.165) is 25.7 Å². The summed E-state index contributed by atoms with van der Waals surface area (Å²) in [7, 11) is 0. The Kier molecular flexibility index (Phi) is 5.21. The predicted molar refractivity (Wildman–Crippen MR) is 129 cm³/mol. The molecule has 0 bridgehead atoms. The van der Waals surface area contributed by atoms with E-state index in [1.807, 2.05) is 31.2 Å². The lowest BCUT2D eigenvalue weighted by Crippen LogP contribution is -2.41. The maximum Gasteiger partial charge on any atom is 0.325 e. The lowest BCUT2D eigenvalue weighted by atomic mass is 9.99. The van der Waals surface area contributed by atoms with Crippen molar-refractivity contribution in [2.75, 3.05) is 11.9 Å². The quantitative estimate of drug-likeness (QED) is 0.412. The number of urea groups is 1. The molecule has 1 aliphatic heterocycles.